The van der Waals surface area contributed by atoms with Crippen molar-refractivity contribution in [3.8, 4) is 11.4 Å². The molecule has 0 saturated heterocycles. The quantitative estimate of drug-likeness (QED) is 0.743. The first kappa shape index (κ1) is 18.0. The number of pyridine rings is 1. The zero-order chi connectivity index (χ0) is 18.7. The van der Waals surface area contributed by atoms with Crippen LogP contribution in [0.4, 0.5) is 0 Å². The summed E-state index contributed by atoms with van der Waals surface area (Å²) in [5.41, 5.74) is 10.8. The van der Waals surface area contributed by atoms with Crippen LogP contribution >= 0.6 is 0 Å². The second-order valence-corrected chi connectivity index (χ2v) is 6.81. The van der Waals surface area contributed by atoms with E-state index in [0.717, 1.165) is 28.1 Å². The van der Waals surface area contributed by atoms with Gasteiger partial charge >= 0.3 is 0 Å². The number of hydrogen-bond donors (Lipinski definition) is 2. The molecule has 0 bridgehead atoms. The Morgan fingerprint density at radius 3 is 2.46 bits per heavy atom. The van der Waals surface area contributed by atoms with Crippen molar-refractivity contribution in [1.82, 2.24) is 4.57 Å². The van der Waals surface area contributed by atoms with Crippen molar-refractivity contribution in [3.63, 3.8) is 0 Å². The minimum absolute atomic E-state index is 0.0552. The second kappa shape index (κ2) is 7.58. The summed E-state index contributed by atoms with van der Waals surface area (Å²) in [5, 5.41) is 9.89. The maximum atomic E-state index is 12.6. The number of para-hydroxylation sites is 1. The van der Waals surface area contributed by atoms with Gasteiger partial charge in [0.2, 0.25) is 0 Å². The average Bonchev–Trinajstić information content (AvgIpc) is 2.56. The van der Waals surface area contributed by atoms with Crippen molar-refractivity contribution in [2.75, 3.05) is 0 Å². The molecule has 0 spiro atoms. The smallest absolute Gasteiger partial charge is 0.255 e. The molecule has 0 saturated carbocycles. The summed E-state index contributed by atoms with van der Waals surface area (Å²) in [4.78, 5) is 12.6. The molecule has 1 unspecified atom stereocenters. The largest absolute Gasteiger partial charge is 0.508 e. The average molecular weight is 348 g/mol. The molecular weight excluding hydrogens is 324 g/mol. The second-order valence-electron chi connectivity index (χ2n) is 6.81. The van der Waals surface area contributed by atoms with Gasteiger partial charge in [-0.05, 0) is 67.6 Å². The number of nitrogens with zero attached hydrogens (tertiary/aromatic N) is 1. The molecule has 0 fully saturated rings. The van der Waals surface area contributed by atoms with Crippen LogP contribution in [-0.2, 0) is 12.8 Å². The first-order chi connectivity index (χ1) is 12.4. The predicted molar refractivity (Wildman–Crippen MR) is 105 cm³/mol. The molecule has 1 heterocycles. The highest BCUT2D eigenvalue weighted by Gasteiger charge is 2.11. The van der Waals surface area contributed by atoms with Crippen molar-refractivity contribution >= 4 is 0 Å². The Morgan fingerprint density at radius 2 is 1.77 bits per heavy atom. The number of nitrogens with two attached hydrogens (primary N) is 1. The first-order valence-electron chi connectivity index (χ1n) is 8.76. The van der Waals surface area contributed by atoms with Gasteiger partial charge in [0.25, 0.3) is 5.56 Å². The standard InChI is InChI=1S/C22H24N2O2/c1-15-6-5-8-20(10-15)24-16(2)11-17(13-22(24)26)12-19(23)14-18-7-3-4-9-21(18)25/h3-11,13,19,25H,12,14,23H2,1-2H3. The highest BCUT2D eigenvalue weighted by Crippen LogP contribution is 2.18. The molecule has 0 aliphatic rings. The fourth-order valence-electron chi connectivity index (χ4n) is 3.33. The lowest BCUT2D eigenvalue weighted by molar-refractivity contribution is 0.464. The number of phenols is 1. The van der Waals surface area contributed by atoms with Crippen molar-refractivity contribution in [2.45, 2.75) is 32.7 Å². The molecule has 134 valence electrons. The fraction of sp³-hybridized carbons (Fsp3) is 0.227. The Balaban J connectivity index is 1.82. The number of hydrogen-bond acceptors (Lipinski definition) is 3. The number of phenolic OH excluding ortho intramolecular Hbond substituents is 1. The molecule has 0 amide bonds. The van der Waals surface area contributed by atoms with E-state index in [1.165, 1.54) is 0 Å². The Bertz CT molecular complexity index is 976. The van der Waals surface area contributed by atoms with Crippen LogP contribution < -0.4 is 11.3 Å². The van der Waals surface area contributed by atoms with Gasteiger partial charge in [-0.2, -0.15) is 0 Å². The monoisotopic (exact) mass is 348 g/mol. The molecule has 1 atom stereocenters. The number of rotatable bonds is 5. The van der Waals surface area contributed by atoms with Crippen molar-refractivity contribution in [3.05, 3.63) is 93.4 Å². The van der Waals surface area contributed by atoms with Gasteiger partial charge in [0.05, 0.1) is 0 Å². The molecule has 1 aromatic heterocycles. The molecule has 3 N–H and O–H groups in total. The molecule has 2 aromatic carbocycles. The third-order valence-electron chi connectivity index (χ3n) is 4.51. The van der Waals surface area contributed by atoms with Gasteiger partial charge < -0.3 is 10.8 Å². The Labute approximate surface area is 153 Å². The summed E-state index contributed by atoms with van der Waals surface area (Å²) in [6.07, 6.45) is 1.14. The van der Waals surface area contributed by atoms with E-state index in [1.807, 2.05) is 56.3 Å². The molecule has 26 heavy (non-hydrogen) atoms. The summed E-state index contributed by atoms with van der Waals surface area (Å²) < 4.78 is 1.71. The van der Waals surface area contributed by atoms with Gasteiger partial charge in [0.1, 0.15) is 5.75 Å². The van der Waals surface area contributed by atoms with Crippen molar-refractivity contribution < 1.29 is 5.11 Å². The predicted octanol–water partition coefficient (Wildman–Crippen LogP) is 3.27. The van der Waals surface area contributed by atoms with Crippen LogP contribution in [0.5, 0.6) is 5.75 Å². The Hall–Kier alpha value is -2.85. The molecule has 0 radical (unpaired) electrons. The topological polar surface area (TPSA) is 68.2 Å². The summed E-state index contributed by atoms with van der Waals surface area (Å²) >= 11 is 0. The number of aromatic hydroxyl groups is 1. The molecule has 0 aliphatic carbocycles. The SMILES string of the molecule is Cc1cccc(-n2c(C)cc(CC(N)Cc3ccccc3O)cc2=O)c1. The third kappa shape index (κ3) is 4.03. The summed E-state index contributed by atoms with van der Waals surface area (Å²) in [5.74, 6) is 0.258. The van der Waals surface area contributed by atoms with Crippen LogP contribution in [0.3, 0.4) is 0 Å². The maximum Gasteiger partial charge on any atom is 0.255 e. The van der Waals surface area contributed by atoms with E-state index < -0.39 is 0 Å². The van der Waals surface area contributed by atoms with E-state index in [4.69, 9.17) is 5.73 Å². The van der Waals surface area contributed by atoms with Gasteiger partial charge in [0, 0.05) is 23.5 Å². The van der Waals surface area contributed by atoms with E-state index in [0.29, 0.717) is 12.8 Å². The van der Waals surface area contributed by atoms with Gasteiger partial charge in [0.15, 0.2) is 0 Å². The van der Waals surface area contributed by atoms with Crippen LogP contribution in [0.1, 0.15) is 22.4 Å². The van der Waals surface area contributed by atoms with Crippen LogP contribution in [0.15, 0.2) is 65.5 Å². The molecular formula is C22H24N2O2. The number of aromatic nitrogens is 1. The highest BCUT2D eigenvalue weighted by atomic mass is 16.3. The van der Waals surface area contributed by atoms with Crippen molar-refractivity contribution in [2.24, 2.45) is 5.73 Å². The zero-order valence-electron chi connectivity index (χ0n) is 15.1. The third-order valence-corrected chi connectivity index (χ3v) is 4.51. The lowest BCUT2D eigenvalue weighted by Crippen LogP contribution is -2.27. The molecule has 3 aromatic rings. The first-order valence-corrected chi connectivity index (χ1v) is 8.76. The summed E-state index contributed by atoms with van der Waals surface area (Å²) in [7, 11) is 0. The van der Waals surface area contributed by atoms with Crippen LogP contribution in [-0.4, -0.2) is 15.7 Å². The zero-order valence-corrected chi connectivity index (χ0v) is 15.1. The minimum Gasteiger partial charge on any atom is -0.508 e. The normalized spacial score (nSPS) is 12.1. The van der Waals surface area contributed by atoms with E-state index in [2.05, 4.69) is 0 Å². The van der Waals surface area contributed by atoms with Crippen LogP contribution in [0, 0.1) is 13.8 Å². The van der Waals surface area contributed by atoms with Gasteiger partial charge in [-0.3, -0.25) is 9.36 Å². The highest BCUT2D eigenvalue weighted by molar-refractivity contribution is 5.38. The van der Waals surface area contributed by atoms with Crippen LogP contribution in [0.25, 0.3) is 5.69 Å². The lowest BCUT2D eigenvalue weighted by atomic mass is 9.99. The van der Waals surface area contributed by atoms with E-state index in [9.17, 15) is 9.90 Å². The van der Waals surface area contributed by atoms with E-state index in [-0.39, 0.29) is 17.4 Å². The Kier molecular flexibility index (Phi) is 5.24. The molecule has 4 heteroatoms. The fourth-order valence-corrected chi connectivity index (χ4v) is 3.33. The van der Waals surface area contributed by atoms with Crippen LogP contribution in [0.2, 0.25) is 0 Å². The number of benzene rings is 2. The molecule has 3 rings (SSSR count). The lowest BCUT2D eigenvalue weighted by Gasteiger charge is -2.15. The van der Waals surface area contributed by atoms with Crippen molar-refractivity contribution in [1.29, 1.82) is 0 Å². The number of aryl methyl sites for hydroxylation is 2. The molecule has 0 aliphatic heterocycles. The summed E-state index contributed by atoms with van der Waals surface area (Å²) in [6.45, 7) is 3.94. The minimum atomic E-state index is -0.170. The van der Waals surface area contributed by atoms with Gasteiger partial charge in [-0.15, -0.1) is 0 Å². The molecule has 4 nitrogen and oxygen atoms in total. The summed E-state index contributed by atoms with van der Waals surface area (Å²) in [6, 6.07) is 18.6. The van der Waals surface area contributed by atoms with Gasteiger partial charge in [-0.25, -0.2) is 0 Å². The van der Waals surface area contributed by atoms with E-state index >= 15 is 0 Å². The Morgan fingerprint density at radius 1 is 1.00 bits per heavy atom. The van der Waals surface area contributed by atoms with E-state index in [1.54, 1.807) is 22.8 Å². The van der Waals surface area contributed by atoms with Gasteiger partial charge in [-0.1, -0.05) is 30.3 Å². The maximum absolute atomic E-state index is 12.6.